The quantitative estimate of drug-likeness (QED) is 0.656. The van der Waals surface area contributed by atoms with Crippen LogP contribution in [0.1, 0.15) is 37.5 Å². The van der Waals surface area contributed by atoms with Crippen molar-refractivity contribution < 1.29 is 9.59 Å². The van der Waals surface area contributed by atoms with Gasteiger partial charge in [0.2, 0.25) is 5.91 Å². The summed E-state index contributed by atoms with van der Waals surface area (Å²) in [4.78, 5) is 26.0. The number of aromatic nitrogens is 1. The van der Waals surface area contributed by atoms with E-state index in [9.17, 15) is 9.59 Å². The lowest BCUT2D eigenvalue weighted by Crippen LogP contribution is -2.23. The number of hydrogen-bond acceptors (Lipinski definition) is 4. The second-order valence-electron chi connectivity index (χ2n) is 3.86. The van der Waals surface area contributed by atoms with Crippen molar-refractivity contribution in [3.8, 4) is 0 Å². The van der Waals surface area contributed by atoms with E-state index in [0.717, 1.165) is 10.7 Å². The number of carbonyl (C=O) groups excluding carboxylic acids is 2. The number of nitrogens with zero attached hydrogens (tertiary/aromatic N) is 1. The van der Waals surface area contributed by atoms with Crippen LogP contribution in [0.15, 0.2) is 23.6 Å². The molecule has 0 radical (unpaired) electrons. The first-order chi connectivity index (χ1) is 8.49. The maximum Gasteiger partial charge on any atom is 0.217 e. The van der Waals surface area contributed by atoms with E-state index in [1.165, 1.54) is 31.3 Å². The van der Waals surface area contributed by atoms with Crippen LogP contribution >= 0.6 is 11.3 Å². The van der Waals surface area contributed by atoms with Gasteiger partial charge in [0.15, 0.2) is 5.78 Å². The number of amides is 1. The smallest absolute Gasteiger partial charge is 0.217 e. The molecule has 0 unspecified atom stereocenters. The van der Waals surface area contributed by atoms with Gasteiger partial charge in [0.1, 0.15) is 5.01 Å². The Morgan fingerprint density at radius 2 is 2.11 bits per heavy atom. The number of ketones is 1. The van der Waals surface area contributed by atoms with Gasteiger partial charge in [-0.2, -0.15) is 0 Å². The summed E-state index contributed by atoms with van der Waals surface area (Å²) >= 11 is 1.50. The molecule has 0 aromatic carbocycles. The molecule has 0 aliphatic carbocycles. The molecule has 1 aromatic rings. The van der Waals surface area contributed by atoms with Gasteiger partial charge < -0.3 is 5.32 Å². The Morgan fingerprint density at radius 3 is 2.72 bits per heavy atom. The molecular weight excluding hydrogens is 248 g/mol. The van der Waals surface area contributed by atoms with E-state index in [4.69, 9.17) is 0 Å². The number of allylic oxidation sites excluding steroid dienone is 3. The first-order valence-corrected chi connectivity index (χ1v) is 6.45. The van der Waals surface area contributed by atoms with Crippen LogP contribution in [-0.4, -0.2) is 16.7 Å². The van der Waals surface area contributed by atoms with Gasteiger partial charge in [0.25, 0.3) is 0 Å². The minimum Gasteiger partial charge on any atom is -0.347 e. The summed E-state index contributed by atoms with van der Waals surface area (Å²) in [5.74, 6) is -0.0583. The van der Waals surface area contributed by atoms with Gasteiger partial charge in [-0.3, -0.25) is 9.59 Å². The predicted molar refractivity (Wildman–Crippen MR) is 73.2 cm³/mol. The van der Waals surface area contributed by atoms with Crippen molar-refractivity contribution in [1.29, 1.82) is 0 Å². The van der Waals surface area contributed by atoms with Crippen molar-refractivity contribution in [1.82, 2.24) is 10.3 Å². The second-order valence-corrected chi connectivity index (χ2v) is 4.75. The first kappa shape index (κ1) is 14.3. The zero-order chi connectivity index (χ0) is 13.5. The van der Waals surface area contributed by atoms with E-state index in [0.29, 0.717) is 0 Å². The monoisotopic (exact) mass is 264 g/mol. The summed E-state index contributed by atoms with van der Waals surface area (Å²) in [5.41, 5.74) is 0.820. The molecular formula is C13H16N2O2S. The summed E-state index contributed by atoms with van der Waals surface area (Å²) in [6.07, 6.45) is 6.76. The number of thiazole rings is 1. The Kier molecular flexibility index (Phi) is 5.45. The average Bonchev–Trinajstić information content (AvgIpc) is 2.72. The van der Waals surface area contributed by atoms with Gasteiger partial charge in [-0.1, -0.05) is 12.2 Å². The molecule has 0 aliphatic rings. The summed E-state index contributed by atoms with van der Waals surface area (Å²) in [6, 6.07) is -0.0811. The standard InChI is InChI=1S/C13H16N2O2S/c1-9(16)6-4-5-7-12-8-18-13(15-12)10(2)14-11(3)17/h4-8,10H,1-3H3,(H,14,17)/t10-/m1/s1. The third-order valence-electron chi connectivity index (χ3n) is 2.04. The van der Waals surface area contributed by atoms with Crippen molar-refractivity contribution in [2.24, 2.45) is 0 Å². The Morgan fingerprint density at radius 1 is 1.39 bits per heavy atom. The molecule has 5 heteroatoms. The van der Waals surface area contributed by atoms with E-state index >= 15 is 0 Å². The molecule has 0 bridgehead atoms. The Balaban J connectivity index is 2.63. The molecule has 1 heterocycles. The molecule has 0 saturated heterocycles. The lowest BCUT2D eigenvalue weighted by atomic mass is 10.3. The first-order valence-electron chi connectivity index (χ1n) is 5.57. The second kappa shape index (κ2) is 6.86. The Bertz CT molecular complexity index is 489. The third kappa shape index (κ3) is 5.05. The molecule has 18 heavy (non-hydrogen) atoms. The van der Waals surface area contributed by atoms with Crippen LogP contribution in [0.3, 0.4) is 0 Å². The van der Waals surface area contributed by atoms with Crippen LogP contribution < -0.4 is 5.32 Å². The lowest BCUT2D eigenvalue weighted by Gasteiger charge is -2.07. The fourth-order valence-electron chi connectivity index (χ4n) is 1.29. The molecule has 96 valence electrons. The van der Waals surface area contributed by atoms with Gasteiger partial charge in [0, 0.05) is 12.3 Å². The van der Waals surface area contributed by atoms with E-state index in [1.54, 1.807) is 12.2 Å². The molecule has 0 saturated carbocycles. The number of nitrogens with one attached hydrogen (secondary N) is 1. The SMILES string of the molecule is CC(=O)C=CC=Cc1csc([C@@H](C)NC(C)=O)n1. The van der Waals surface area contributed by atoms with Gasteiger partial charge in [-0.05, 0) is 26.0 Å². The fraction of sp³-hybridized carbons (Fsp3) is 0.308. The fourth-order valence-corrected chi connectivity index (χ4v) is 2.08. The van der Waals surface area contributed by atoms with Gasteiger partial charge in [0.05, 0.1) is 11.7 Å². The molecule has 1 atom stereocenters. The van der Waals surface area contributed by atoms with E-state index in [1.807, 2.05) is 18.4 Å². The maximum atomic E-state index is 10.9. The zero-order valence-electron chi connectivity index (χ0n) is 10.6. The van der Waals surface area contributed by atoms with E-state index in [-0.39, 0.29) is 17.7 Å². The summed E-state index contributed by atoms with van der Waals surface area (Å²) in [5, 5.41) is 5.55. The molecule has 1 N–H and O–H groups in total. The highest BCUT2D eigenvalue weighted by atomic mass is 32.1. The third-order valence-corrected chi connectivity index (χ3v) is 3.08. The van der Waals surface area contributed by atoms with Gasteiger partial charge >= 0.3 is 0 Å². The molecule has 1 aromatic heterocycles. The normalized spacial score (nSPS) is 13.1. The topological polar surface area (TPSA) is 59.1 Å². The van der Waals surface area contributed by atoms with Crippen LogP contribution in [0.4, 0.5) is 0 Å². The number of carbonyl (C=O) groups is 2. The largest absolute Gasteiger partial charge is 0.347 e. The van der Waals surface area contributed by atoms with E-state index in [2.05, 4.69) is 10.3 Å². The molecule has 1 amide bonds. The minimum absolute atomic E-state index is 0.0119. The molecule has 0 fully saturated rings. The summed E-state index contributed by atoms with van der Waals surface area (Å²) in [6.45, 7) is 4.88. The minimum atomic E-state index is -0.0811. The van der Waals surface area contributed by atoms with Crippen molar-refractivity contribution in [3.05, 3.63) is 34.3 Å². The van der Waals surface area contributed by atoms with E-state index < -0.39 is 0 Å². The molecule has 4 nitrogen and oxygen atoms in total. The molecule has 1 rings (SSSR count). The molecule has 0 aliphatic heterocycles. The zero-order valence-corrected chi connectivity index (χ0v) is 11.5. The summed E-state index contributed by atoms with van der Waals surface area (Å²) < 4.78 is 0. The van der Waals surface area contributed by atoms with Crippen LogP contribution in [0.25, 0.3) is 6.08 Å². The van der Waals surface area contributed by atoms with Crippen molar-refractivity contribution >= 4 is 29.1 Å². The average molecular weight is 264 g/mol. The Labute approximate surface area is 110 Å². The maximum absolute atomic E-state index is 10.9. The van der Waals surface area contributed by atoms with Gasteiger partial charge in [-0.25, -0.2) is 4.98 Å². The Hall–Kier alpha value is -1.75. The number of rotatable bonds is 5. The highest BCUT2D eigenvalue weighted by Crippen LogP contribution is 2.18. The molecule has 0 spiro atoms. The van der Waals surface area contributed by atoms with Crippen molar-refractivity contribution in [2.75, 3.05) is 0 Å². The van der Waals surface area contributed by atoms with Crippen LogP contribution in [0.5, 0.6) is 0 Å². The lowest BCUT2D eigenvalue weighted by molar-refractivity contribution is -0.119. The van der Waals surface area contributed by atoms with Gasteiger partial charge in [-0.15, -0.1) is 11.3 Å². The van der Waals surface area contributed by atoms with Crippen molar-refractivity contribution in [3.63, 3.8) is 0 Å². The van der Waals surface area contributed by atoms with Crippen LogP contribution in [0.2, 0.25) is 0 Å². The van der Waals surface area contributed by atoms with Crippen molar-refractivity contribution in [2.45, 2.75) is 26.8 Å². The highest BCUT2D eigenvalue weighted by molar-refractivity contribution is 7.09. The van der Waals surface area contributed by atoms with Crippen LogP contribution in [0, 0.1) is 0 Å². The van der Waals surface area contributed by atoms with Crippen LogP contribution in [-0.2, 0) is 9.59 Å². The summed E-state index contributed by atoms with van der Waals surface area (Å²) in [7, 11) is 0. The number of hydrogen-bond donors (Lipinski definition) is 1. The highest BCUT2D eigenvalue weighted by Gasteiger charge is 2.09. The predicted octanol–water partition coefficient (Wildman–Crippen LogP) is 2.50.